The van der Waals surface area contributed by atoms with Gasteiger partial charge >= 0.3 is 0 Å². The molecule has 2 aromatic carbocycles. The molecule has 106 valence electrons. The Bertz CT molecular complexity index is 579. The van der Waals surface area contributed by atoms with Crippen molar-refractivity contribution in [3.63, 3.8) is 0 Å². The molecular formula is C15H14BrFO3. The Morgan fingerprint density at radius 3 is 2.20 bits per heavy atom. The fourth-order valence-electron chi connectivity index (χ4n) is 1.78. The summed E-state index contributed by atoms with van der Waals surface area (Å²) in [7, 11) is 3.11. The maximum absolute atomic E-state index is 13.2. The number of methoxy groups -OCH3 is 2. The minimum Gasteiger partial charge on any atom is -0.493 e. The molecule has 0 radical (unpaired) electrons. The first-order valence-electron chi connectivity index (χ1n) is 5.92. The van der Waals surface area contributed by atoms with Crippen LogP contribution in [0, 0.1) is 5.82 Å². The third kappa shape index (κ3) is 3.04. The van der Waals surface area contributed by atoms with E-state index in [1.807, 2.05) is 0 Å². The van der Waals surface area contributed by atoms with Gasteiger partial charge in [0.15, 0.2) is 11.5 Å². The number of rotatable bonds is 5. The molecular weight excluding hydrogens is 327 g/mol. The third-order valence-corrected chi connectivity index (χ3v) is 3.37. The molecule has 0 aromatic heterocycles. The predicted octanol–water partition coefficient (Wildman–Crippen LogP) is 4.53. The Morgan fingerprint density at radius 2 is 1.65 bits per heavy atom. The average molecular weight is 341 g/mol. The molecule has 0 fully saturated rings. The van der Waals surface area contributed by atoms with E-state index in [4.69, 9.17) is 14.2 Å². The first-order chi connectivity index (χ1) is 9.69. The van der Waals surface area contributed by atoms with E-state index < -0.39 is 0 Å². The minimum absolute atomic E-state index is 0.307. The van der Waals surface area contributed by atoms with Crippen molar-refractivity contribution in [3.05, 3.63) is 47.8 Å². The minimum atomic E-state index is -0.307. The lowest BCUT2D eigenvalue weighted by molar-refractivity contribution is 0.345. The van der Waals surface area contributed by atoms with Crippen molar-refractivity contribution in [2.45, 2.75) is 5.33 Å². The summed E-state index contributed by atoms with van der Waals surface area (Å²) in [5.74, 6) is 1.81. The van der Waals surface area contributed by atoms with Gasteiger partial charge in [-0.15, -0.1) is 0 Å². The lowest BCUT2D eigenvalue weighted by Crippen LogP contribution is -1.96. The second-order valence-corrected chi connectivity index (χ2v) is 4.54. The molecule has 2 aromatic rings. The Kier molecular flexibility index (Phi) is 4.84. The van der Waals surface area contributed by atoms with Crippen molar-refractivity contribution in [2.75, 3.05) is 14.2 Å². The van der Waals surface area contributed by atoms with Gasteiger partial charge in [-0.1, -0.05) is 22.0 Å². The largest absolute Gasteiger partial charge is 0.493 e. The van der Waals surface area contributed by atoms with E-state index in [2.05, 4.69) is 15.9 Å². The highest BCUT2D eigenvalue weighted by Crippen LogP contribution is 2.41. The monoisotopic (exact) mass is 340 g/mol. The van der Waals surface area contributed by atoms with E-state index in [9.17, 15) is 4.39 Å². The van der Waals surface area contributed by atoms with Gasteiger partial charge in [-0.25, -0.2) is 4.39 Å². The number of benzene rings is 2. The average Bonchev–Trinajstić information content (AvgIpc) is 2.49. The fourth-order valence-corrected chi connectivity index (χ4v) is 2.22. The summed E-state index contributed by atoms with van der Waals surface area (Å²) < 4.78 is 29.6. The first kappa shape index (κ1) is 14.7. The SMILES string of the molecule is COc1cccc(OC)c1Oc1ccc(F)cc1CBr. The zero-order chi connectivity index (χ0) is 14.5. The van der Waals surface area contributed by atoms with Crippen molar-refractivity contribution < 1.29 is 18.6 Å². The lowest BCUT2D eigenvalue weighted by atomic mass is 10.2. The van der Waals surface area contributed by atoms with Crippen LogP contribution in [0.2, 0.25) is 0 Å². The maximum atomic E-state index is 13.2. The van der Waals surface area contributed by atoms with E-state index in [-0.39, 0.29) is 5.82 Å². The van der Waals surface area contributed by atoms with Crippen molar-refractivity contribution in [2.24, 2.45) is 0 Å². The highest BCUT2D eigenvalue weighted by atomic mass is 79.9. The lowest BCUT2D eigenvalue weighted by Gasteiger charge is -2.15. The fraction of sp³-hybridized carbons (Fsp3) is 0.200. The summed E-state index contributed by atoms with van der Waals surface area (Å²) in [6.45, 7) is 0. The van der Waals surface area contributed by atoms with Crippen LogP contribution in [0.5, 0.6) is 23.0 Å². The van der Waals surface area contributed by atoms with Gasteiger partial charge < -0.3 is 14.2 Å². The second-order valence-electron chi connectivity index (χ2n) is 3.98. The van der Waals surface area contributed by atoms with Crippen LogP contribution in [0.15, 0.2) is 36.4 Å². The van der Waals surface area contributed by atoms with E-state index in [0.29, 0.717) is 33.9 Å². The molecule has 0 unspecified atom stereocenters. The van der Waals surface area contributed by atoms with Crippen LogP contribution in [0.4, 0.5) is 4.39 Å². The molecule has 0 aliphatic rings. The number of para-hydroxylation sites is 1. The summed E-state index contributed by atoms with van der Waals surface area (Å²) in [6.07, 6.45) is 0. The number of halogens is 2. The van der Waals surface area contributed by atoms with E-state index >= 15 is 0 Å². The quantitative estimate of drug-likeness (QED) is 0.748. The van der Waals surface area contributed by atoms with Gasteiger partial charge in [0.2, 0.25) is 5.75 Å². The summed E-state index contributed by atoms with van der Waals surface area (Å²) >= 11 is 3.32. The zero-order valence-electron chi connectivity index (χ0n) is 11.2. The second kappa shape index (κ2) is 6.61. The summed E-state index contributed by atoms with van der Waals surface area (Å²) in [5, 5.41) is 0.484. The number of hydrogen-bond donors (Lipinski definition) is 0. The van der Waals surface area contributed by atoms with Crippen LogP contribution in [0.3, 0.4) is 0 Å². The van der Waals surface area contributed by atoms with Crippen molar-refractivity contribution in [1.29, 1.82) is 0 Å². The zero-order valence-corrected chi connectivity index (χ0v) is 12.7. The van der Waals surface area contributed by atoms with Crippen LogP contribution in [0.25, 0.3) is 0 Å². The molecule has 20 heavy (non-hydrogen) atoms. The Labute approximate surface area is 125 Å². The van der Waals surface area contributed by atoms with E-state index in [1.165, 1.54) is 12.1 Å². The molecule has 0 aliphatic heterocycles. The Hall–Kier alpha value is -1.75. The molecule has 0 aliphatic carbocycles. The summed E-state index contributed by atoms with van der Waals surface area (Å²) in [4.78, 5) is 0. The molecule has 0 N–H and O–H groups in total. The van der Waals surface area contributed by atoms with Crippen LogP contribution in [0.1, 0.15) is 5.56 Å². The third-order valence-electron chi connectivity index (χ3n) is 2.76. The molecule has 0 saturated carbocycles. The molecule has 0 spiro atoms. The number of alkyl halides is 1. The van der Waals surface area contributed by atoms with Crippen LogP contribution < -0.4 is 14.2 Å². The molecule has 0 amide bonds. The topological polar surface area (TPSA) is 27.7 Å². The molecule has 0 heterocycles. The van der Waals surface area contributed by atoms with Crippen molar-refractivity contribution in [1.82, 2.24) is 0 Å². The van der Waals surface area contributed by atoms with Gasteiger partial charge in [0, 0.05) is 10.9 Å². The van der Waals surface area contributed by atoms with Crippen LogP contribution >= 0.6 is 15.9 Å². The summed E-state index contributed by atoms with van der Waals surface area (Å²) in [5.41, 5.74) is 0.706. The molecule has 5 heteroatoms. The van der Waals surface area contributed by atoms with Crippen molar-refractivity contribution in [3.8, 4) is 23.0 Å². The van der Waals surface area contributed by atoms with Gasteiger partial charge in [-0.3, -0.25) is 0 Å². The van der Waals surface area contributed by atoms with Gasteiger partial charge in [0.25, 0.3) is 0 Å². The number of ether oxygens (including phenoxy) is 3. The number of hydrogen-bond acceptors (Lipinski definition) is 3. The predicted molar refractivity (Wildman–Crippen MR) is 78.7 cm³/mol. The molecule has 3 nitrogen and oxygen atoms in total. The van der Waals surface area contributed by atoms with Gasteiger partial charge in [0.1, 0.15) is 11.6 Å². The smallest absolute Gasteiger partial charge is 0.211 e. The normalized spacial score (nSPS) is 10.2. The first-order valence-corrected chi connectivity index (χ1v) is 7.05. The van der Waals surface area contributed by atoms with Gasteiger partial charge in [-0.2, -0.15) is 0 Å². The Balaban J connectivity index is 2.44. The summed E-state index contributed by atoms with van der Waals surface area (Å²) in [6, 6.07) is 9.71. The van der Waals surface area contributed by atoms with E-state index in [1.54, 1.807) is 38.5 Å². The molecule has 2 rings (SSSR count). The van der Waals surface area contributed by atoms with Gasteiger partial charge in [-0.05, 0) is 30.3 Å². The highest BCUT2D eigenvalue weighted by molar-refractivity contribution is 9.08. The van der Waals surface area contributed by atoms with Gasteiger partial charge in [0.05, 0.1) is 14.2 Å². The van der Waals surface area contributed by atoms with Crippen LogP contribution in [-0.2, 0) is 5.33 Å². The van der Waals surface area contributed by atoms with Crippen molar-refractivity contribution >= 4 is 15.9 Å². The Morgan fingerprint density at radius 1 is 1.00 bits per heavy atom. The maximum Gasteiger partial charge on any atom is 0.211 e. The standard InChI is InChI=1S/C15H14BrFO3/c1-18-13-4-3-5-14(19-2)15(13)20-12-7-6-11(17)8-10(12)9-16/h3-8H,9H2,1-2H3. The van der Waals surface area contributed by atoms with Crippen LogP contribution in [-0.4, -0.2) is 14.2 Å². The molecule has 0 saturated heterocycles. The molecule has 0 bridgehead atoms. The van der Waals surface area contributed by atoms with E-state index in [0.717, 1.165) is 0 Å². The molecule has 0 atom stereocenters. The highest BCUT2D eigenvalue weighted by Gasteiger charge is 2.14.